The van der Waals surface area contributed by atoms with Gasteiger partial charge in [-0.2, -0.15) is 5.26 Å². The number of anilines is 1. The van der Waals surface area contributed by atoms with E-state index in [4.69, 9.17) is 14.6 Å². The van der Waals surface area contributed by atoms with Gasteiger partial charge >= 0.3 is 7.12 Å². The van der Waals surface area contributed by atoms with Crippen LogP contribution in [0.15, 0.2) is 36.5 Å². The number of aromatic nitrogens is 2. The lowest BCUT2D eigenvalue weighted by molar-refractivity contribution is 0.00578. The van der Waals surface area contributed by atoms with Gasteiger partial charge in [0.2, 0.25) is 5.82 Å². The van der Waals surface area contributed by atoms with E-state index in [1.807, 2.05) is 12.1 Å². The Kier molecular flexibility index (Phi) is 5.54. The molecule has 2 aliphatic rings. The fraction of sp³-hybridized carbons (Fsp3) is 0.500. The van der Waals surface area contributed by atoms with E-state index in [-0.39, 0.29) is 24.1 Å². The molecule has 0 spiro atoms. The summed E-state index contributed by atoms with van der Waals surface area (Å²) in [5.74, 6) is 1.05. The van der Waals surface area contributed by atoms with Crippen LogP contribution in [-0.4, -0.2) is 59.4 Å². The minimum Gasteiger partial charge on any atom is -0.399 e. The van der Waals surface area contributed by atoms with Crippen LogP contribution < -0.4 is 10.4 Å². The average molecular weight is 405 g/mol. The van der Waals surface area contributed by atoms with E-state index in [0.29, 0.717) is 0 Å². The zero-order valence-electron chi connectivity index (χ0n) is 18.1. The number of benzene rings is 1. The van der Waals surface area contributed by atoms with Gasteiger partial charge in [-0.3, -0.25) is 4.90 Å². The Morgan fingerprint density at radius 1 is 1.00 bits per heavy atom. The van der Waals surface area contributed by atoms with Gasteiger partial charge in [0, 0.05) is 38.9 Å². The van der Waals surface area contributed by atoms with Crippen LogP contribution >= 0.6 is 0 Å². The van der Waals surface area contributed by atoms with Gasteiger partial charge in [0.25, 0.3) is 0 Å². The lowest BCUT2D eigenvalue weighted by Crippen LogP contribution is -2.46. The third-order valence-corrected chi connectivity index (χ3v) is 6.35. The highest BCUT2D eigenvalue weighted by atomic mass is 16.7. The number of hydrogen-bond donors (Lipinski definition) is 0. The Labute approximate surface area is 178 Å². The van der Waals surface area contributed by atoms with Gasteiger partial charge < -0.3 is 14.2 Å². The summed E-state index contributed by atoms with van der Waals surface area (Å²) in [5.41, 5.74) is 1.68. The molecular weight excluding hydrogens is 377 g/mol. The molecule has 1 aromatic heterocycles. The highest BCUT2D eigenvalue weighted by molar-refractivity contribution is 6.62. The fourth-order valence-corrected chi connectivity index (χ4v) is 3.73. The molecule has 0 unspecified atom stereocenters. The summed E-state index contributed by atoms with van der Waals surface area (Å²) in [5, 5.41) is 8.99. The van der Waals surface area contributed by atoms with E-state index in [0.717, 1.165) is 44.0 Å². The fourth-order valence-electron chi connectivity index (χ4n) is 3.73. The van der Waals surface area contributed by atoms with Crippen LogP contribution in [-0.2, 0) is 15.9 Å². The van der Waals surface area contributed by atoms with E-state index in [9.17, 15) is 0 Å². The maximum atomic E-state index is 8.99. The standard InChI is InChI=1S/C22H28BN5O2/c1-21(2)22(3,4)30-23(29-21)18-7-5-17(6-8-18)16-27-11-13-28(14-12-27)20-9-10-25-19(15-24)26-20/h5-10H,11-14,16H2,1-4H3. The van der Waals surface area contributed by atoms with E-state index >= 15 is 0 Å². The lowest BCUT2D eigenvalue weighted by Gasteiger charge is -2.35. The third kappa shape index (κ3) is 4.19. The average Bonchev–Trinajstić information content (AvgIpc) is 2.96. The van der Waals surface area contributed by atoms with Crippen LogP contribution in [0.5, 0.6) is 0 Å². The number of nitriles is 1. The first-order chi connectivity index (χ1) is 14.3. The van der Waals surface area contributed by atoms with Crippen LogP contribution in [0, 0.1) is 11.3 Å². The SMILES string of the molecule is CC1(C)OB(c2ccc(CN3CCN(c4ccnc(C#N)n4)CC3)cc2)OC1(C)C. The summed E-state index contributed by atoms with van der Waals surface area (Å²) in [6, 6.07) is 12.4. The molecule has 2 fully saturated rings. The molecule has 2 aliphatic heterocycles. The molecule has 4 rings (SSSR count). The van der Waals surface area contributed by atoms with Crippen molar-refractivity contribution in [2.45, 2.75) is 45.4 Å². The van der Waals surface area contributed by atoms with Gasteiger partial charge in [-0.05, 0) is 44.8 Å². The molecule has 0 N–H and O–H groups in total. The van der Waals surface area contributed by atoms with Crippen molar-refractivity contribution in [1.82, 2.24) is 14.9 Å². The molecule has 8 heteroatoms. The molecule has 156 valence electrons. The molecule has 0 amide bonds. The topological polar surface area (TPSA) is 74.5 Å². The maximum absolute atomic E-state index is 8.99. The summed E-state index contributed by atoms with van der Waals surface area (Å²) in [6.45, 7) is 12.9. The van der Waals surface area contributed by atoms with Crippen molar-refractivity contribution < 1.29 is 9.31 Å². The minimum absolute atomic E-state index is 0.219. The van der Waals surface area contributed by atoms with Crippen LogP contribution in [0.25, 0.3) is 0 Å². The molecular formula is C22H28BN5O2. The van der Waals surface area contributed by atoms with Crippen molar-refractivity contribution in [2.75, 3.05) is 31.1 Å². The van der Waals surface area contributed by atoms with Crippen molar-refractivity contribution in [2.24, 2.45) is 0 Å². The molecule has 3 heterocycles. The van der Waals surface area contributed by atoms with Crippen molar-refractivity contribution >= 4 is 18.4 Å². The smallest absolute Gasteiger partial charge is 0.399 e. The normalized spacial score (nSPS) is 20.9. The Morgan fingerprint density at radius 3 is 2.23 bits per heavy atom. The molecule has 0 atom stereocenters. The Morgan fingerprint density at radius 2 is 1.63 bits per heavy atom. The Balaban J connectivity index is 1.32. The second kappa shape index (κ2) is 7.99. The zero-order chi connectivity index (χ0) is 21.4. The highest BCUT2D eigenvalue weighted by Crippen LogP contribution is 2.36. The first kappa shape index (κ1) is 20.8. The predicted octanol–water partition coefficient (Wildman–Crippen LogP) is 1.97. The van der Waals surface area contributed by atoms with Crippen LogP contribution in [0.2, 0.25) is 0 Å². The molecule has 2 saturated heterocycles. The van der Waals surface area contributed by atoms with E-state index in [1.54, 1.807) is 6.20 Å². The molecule has 30 heavy (non-hydrogen) atoms. The van der Waals surface area contributed by atoms with Gasteiger partial charge in [0.15, 0.2) is 0 Å². The highest BCUT2D eigenvalue weighted by Gasteiger charge is 2.51. The van der Waals surface area contributed by atoms with Crippen molar-refractivity contribution in [1.29, 1.82) is 5.26 Å². The molecule has 1 aromatic carbocycles. The maximum Gasteiger partial charge on any atom is 0.494 e. The minimum atomic E-state index is -0.326. The summed E-state index contributed by atoms with van der Waals surface area (Å²) in [6.07, 6.45) is 1.65. The monoisotopic (exact) mass is 405 g/mol. The molecule has 0 aliphatic carbocycles. The van der Waals surface area contributed by atoms with Crippen LogP contribution in [0.3, 0.4) is 0 Å². The van der Waals surface area contributed by atoms with Crippen LogP contribution in [0.1, 0.15) is 39.1 Å². The summed E-state index contributed by atoms with van der Waals surface area (Å²) in [7, 11) is -0.321. The van der Waals surface area contributed by atoms with Gasteiger partial charge in [0.05, 0.1) is 11.2 Å². The molecule has 2 aromatic rings. The molecule has 7 nitrogen and oxygen atoms in total. The number of nitrogens with zero attached hydrogens (tertiary/aromatic N) is 5. The van der Waals surface area contributed by atoms with E-state index in [2.05, 4.69) is 71.7 Å². The molecule has 0 saturated carbocycles. The van der Waals surface area contributed by atoms with E-state index < -0.39 is 0 Å². The lowest BCUT2D eigenvalue weighted by atomic mass is 9.79. The van der Waals surface area contributed by atoms with Crippen molar-refractivity contribution in [3.05, 3.63) is 47.9 Å². The second-order valence-corrected chi connectivity index (χ2v) is 8.94. The first-order valence-electron chi connectivity index (χ1n) is 10.4. The van der Waals surface area contributed by atoms with Crippen LogP contribution in [0.4, 0.5) is 5.82 Å². The number of piperazine rings is 1. The summed E-state index contributed by atoms with van der Waals surface area (Å²) >= 11 is 0. The van der Waals surface area contributed by atoms with Gasteiger partial charge in [-0.25, -0.2) is 9.97 Å². The first-order valence-corrected chi connectivity index (χ1v) is 10.4. The quantitative estimate of drug-likeness (QED) is 0.720. The largest absolute Gasteiger partial charge is 0.494 e. The third-order valence-electron chi connectivity index (χ3n) is 6.35. The van der Waals surface area contributed by atoms with Gasteiger partial charge in [-0.15, -0.1) is 0 Å². The Bertz CT molecular complexity index is 917. The summed E-state index contributed by atoms with van der Waals surface area (Å²) < 4.78 is 12.3. The number of rotatable bonds is 4. The van der Waals surface area contributed by atoms with Crippen molar-refractivity contribution in [3.8, 4) is 6.07 Å². The second-order valence-electron chi connectivity index (χ2n) is 8.94. The zero-order valence-corrected chi connectivity index (χ0v) is 18.1. The molecule has 0 radical (unpaired) electrons. The van der Waals surface area contributed by atoms with Crippen molar-refractivity contribution in [3.63, 3.8) is 0 Å². The number of hydrogen-bond acceptors (Lipinski definition) is 7. The Hall–Kier alpha value is -2.47. The predicted molar refractivity (Wildman–Crippen MR) is 116 cm³/mol. The molecule has 0 bridgehead atoms. The van der Waals surface area contributed by atoms with E-state index in [1.165, 1.54) is 5.56 Å². The summed E-state index contributed by atoms with van der Waals surface area (Å²) in [4.78, 5) is 12.9. The van der Waals surface area contributed by atoms with Gasteiger partial charge in [-0.1, -0.05) is 24.3 Å². The van der Waals surface area contributed by atoms with Gasteiger partial charge in [0.1, 0.15) is 11.9 Å².